The first-order valence-electron chi connectivity index (χ1n) is 12.4. The number of hydrogen-bond donors (Lipinski definition) is 3. The maximum Gasteiger partial charge on any atom is 0.416 e. The van der Waals surface area contributed by atoms with E-state index in [1.54, 1.807) is 0 Å². The van der Waals surface area contributed by atoms with Crippen molar-refractivity contribution in [3.63, 3.8) is 0 Å². The van der Waals surface area contributed by atoms with Gasteiger partial charge in [-0.15, -0.1) is 0 Å². The van der Waals surface area contributed by atoms with Gasteiger partial charge in [0, 0.05) is 18.8 Å². The van der Waals surface area contributed by atoms with Crippen molar-refractivity contribution in [3.05, 3.63) is 53.6 Å². The fraction of sp³-hybridized carbons (Fsp3) is 0.481. The normalized spacial score (nSPS) is 21.1. The molecule has 2 fully saturated rings. The van der Waals surface area contributed by atoms with E-state index in [0.717, 1.165) is 55.7 Å². The Kier molecular flexibility index (Phi) is 7.47. The SMILES string of the molecule is CC1CC(C)CN(c2ccc(C(CC(=O)O)C3CC3)cc2NC(=O)Nc2ccc(C(F)(F)F)cc2)C1. The first kappa shape index (κ1) is 25.9. The van der Waals surface area contributed by atoms with Crippen LogP contribution in [0.15, 0.2) is 42.5 Å². The maximum atomic E-state index is 12.9. The summed E-state index contributed by atoms with van der Waals surface area (Å²) >= 11 is 0. The number of rotatable bonds is 7. The topological polar surface area (TPSA) is 81.7 Å². The Bertz CT molecular complexity index is 1090. The van der Waals surface area contributed by atoms with Crippen LogP contribution in [0.2, 0.25) is 0 Å². The second kappa shape index (κ2) is 10.4. The van der Waals surface area contributed by atoms with Crippen LogP contribution in [-0.4, -0.2) is 30.2 Å². The fourth-order valence-corrected chi connectivity index (χ4v) is 5.29. The molecule has 0 aromatic heterocycles. The highest BCUT2D eigenvalue weighted by Gasteiger charge is 2.35. The minimum absolute atomic E-state index is 0.0268. The van der Waals surface area contributed by atoms with Crippen LogP contribution in [-0.2, 0) is 11.0 Å². The molecule has 2 aromatic rings. The number of piperidine rings is 1. The lowest BCUT2D eigenvalue weighted by molar-refractivity contribution is -0.138. The predicted molar refractivity (Wildman–Crippen MR) is 133 cm³/mol. The van der Waals surface area contributed by atoms with E-state index in [0.29, 0.717) is 23.4 Å². The second-order valence-electron chi connectivity index (χ2n) is 10.3. The number of carboxylic acids is 1. The minimum atomic E-state index is -4.45. The molecule has 36 heavy (non-hydrogen) atoms. The molecule has 3 unspecified atom stereocenters. The van der Waals surface area contributed by atoms with Crippen LogP contribution in [0.3, 0.4) is 0 Å². The van der Waals surface area contributed by atoms with Gasteiger partial charge in [-0.2, -0.15) is 13.2 Å². The first-order valence-corrected chi connectivity index (χ1v) is 12.4. The molecular formula is C27H32F3N3O3. The number of benzene rings is 2. The standard InChI is InChI=1S/C27H32F3N3O3/c1-16-11-17(2)15-33(14-16)24-10-5-19(22(13-25(34)35)18-3-4-18)12-23(24)32-26(36)31-21-8-6-20(7-9-21)27(28,29)30/h5-10,12,16-18,22H,3-4,11,13-15H2,1-2H3,(H,34,35)(H2,31,32,36). The molecular weight excluding hydrogens is 471 g/mol. The van der Waals surface area contributed by atoms with Gasteiger partial charge in [0.15, 0.2) is 0 Å². The minimum Gasteiger partial charge on any atom is -0.481 e. The summed E-state index contributed by atoms with van der Waals surface area (Å²) in [6.45, 7) is 6.05. The Labute approximate surface area is 208 Å². The van der Waals surface area contributed by atoms with Gasteiger partial charge in [-0.05, 0) is 84.9 Å². The Morgan fingerprint density at radius 2 is 1.67 bits per heavy atom. The quantitative estimate of drug-likeness (QED) is 0.388. The third-order valence-corrected chi connectivity index (χ3v) is 6.96. The summed E-state index contributed by atoms with van der Waals surface area (Å²) in [6, 6.07) is 9.46. The van der Waals surface area contributed by atoms with Gasteiger partial charge in [-0.1, -0.05) is 19.9 Å². The zero-order valence-corrected chi connectivity index (χ0v) is 20.4. The van der Waals surface area contributed by atoms with E-state index >= 15 is 0 Å². The van der Waals surface area contributed by atoms with E-state index in [9.17, 15) is 27.9 Å². The van der Waals surface area contributed by atoms with Crippen LogP contribution in [0.25, 0.3) is 0 Å². The summed E-state index contributed by atoms with van der Waals surface area (Å²) in [7, 11) is 0. The number of nitrogens with zero attached hydrogens (tertiary/aromatic N) is 1. The molecule has 3 atom stereocenters. The highest BCUT2D eigenvalue weighted by Crippen LogP contribution is 2.46. The van der Waals surface area contributed by atoms with Gasteiger partial charge in [-0.3, -0.25) is 4.79 Å². The van der Waals surface area contributed by atoms with Gasteiger partial charge in [0.05, 0.1) is 23.4 Å². The molecule has 1 aliphatic heterocycles. The molecule has 0 radical (unpaired) electrons. The Balaban J connectivity index is 1.59. The van der Waals surface area contributed by atoms with Crippen molar-refractivity contribution in [2.24, 2.45) is 17.8 Å². The molecule has 6 nitrogen and oxygen atoms in total. The van der Waals surface area contributed by atoms with Gasteiger partial charge in [0.1, 0.15) is 0 Å². The Hall–Kier alpha value is -3.23. The monoisotopic (exact) mass is 503 g/mol. The number of urea groups is 1. The van der Waals surface area contributed by atoms with E-state index in [-0.39, 0.29) is 18.0 Å². The van der Waals surface area contributed by atoms with E-state index < -0.39 is 23.7 Å². The summed E-state index contributed by atoms with van der Waals surface area (Å²) < 4.78 is 38.5. The highest BCUT2D eigenvalue weighted by molar-refractivity contribution is 6.02. The molecule has 2 amide bonds. The number of hydrogen-bond acceptors (Lipinski definition) is 3. The van der Waals surface area contributed by atoms with Crippen molar-refractivity contribution < 1.29 is 27.9 Å². The highest BCUT2D eigenvalue weighted by atomic mass is 19.4. The zero-order chi connectivity index (χ0) is 26.0. The summed E-state index contributed by atoms with van der Waals surface area (Å²) in [4.78, 5) is 26.6. The van der Waals surface area contributed by atoms with Crippen molar-refractivity contribution >= 4 is 29.1 Å². The number of alkyl halides is 3. The summed E-state index contributed by atoms with van der Waals surface area (Å²) in [5, 5.41) is 14.9. The Morgan fingerprint density at radius 3 is 2.22 bits per heavy atom. The molecule has 2 aliphatic rings. The van der Waals surface area contributed by atoms with Crippen molar-refractivity contribution in [1.82, 2.24) is 0 Å². The zero-order valence-electron chi connectivity index (χ0n) is 20.4. The lowest BCUT2D eigenvalue weighted by atomic mass is 9.89. The van der Waals surface area contributed by atoms with Crippen LogP contribution in [0.4, 0.5) is 35.0 Å². The largest absolute Gasteiger partial charge is 0.481 e. The lowest BCUT2D eigenvalue weighted by Gasteiger charge is -2.37. The van der Waals surface area contributed by atoms with Crippen LogP contribution in [0.1, 0.15) is 56.6 Å². The molecule has 4 rings (SSSR count). The van der Waals surface area contributed by atoms with Gasteiger partial charge >= 0.3 is 18.2 Å². The summed E-state index contributed by atoms with van der Waals surface area (Å²) in [5.74, 6) is 0.288. The number of carbonyl (C=O) groups excluding carboxylic acids is 1. The smallest absolute Gasteiger partial charge is 0.416 e. The number of aliphatic carboxylic acids is 1. The van der Waals surface area contributed by atoms with Gasteiger partial charge in [-0.25, -0.2) is 4.79 Å². The van der Waals surface area contributed by atoms with Crippen LogP contribution < -0.4 is 15.5 Å². The molecule has 1 saturated heterocycles. The molecule has 9 heteroatoms. The first-order chi connectivity index (χ1) is 17.0. The number of nitrogens with one attached hydrogen (secondary N) is 2. The number of anilines is 3. The van der Waals surface area contributed by atoms with Crippen molar-refractivity contribution in [2.75, 3.05) is 28.6 Å². The molecule has 1 aliphatic carbocycles. The Morgan fingerprint density at radius 1 is 1.03 bits per heavy atom. The average molecular weight is 504 g/mol. The third-order valence-electron chi connectivity index (χ3n) is 6.96. The van der Waals surface area contributed by atoms with Gasteiger partial charge in [0.2, 0.25) is 0 Å². The molecule has 0 bridgehead atoms. The van der Waals surface area contributed by atoms with Gasteiger partial charge in [0.25, 0.3) is 0 Å². The molecule has 3 N–H and O–H groups in total. The number of amides is 2. The van der Waals surface area contributed by atoms with Gasteiger partial charge < -0.3 is 20.6 Å². The molecule has 194 valence electrons. The number of halogens is 3. The van der Waals surface area contributed by atoms with Crippen molar-refractivity contribution in [2.45, 2.75) is 51.6 Å². The van der Waals surface area contributed by atoms with E-state index in [1.165, 1.54) is 12.1 Å². The predicted octanol–water partition coefficient (Wildman–Crippen LogP) is 6.80. The lowest BCUT2D eigenvalue weighted by Crippen LogP contribution is -2.39. The molecule has 0 spiro atoms. The molecule has 2 aromatic carbocycles. The second-order valence-corrected chi connectivity index (χ2v) is 10.3. The number of carbonyl (C=O) groups is 2. The van der Waals surface area contributed by atoms with E-state index in [4.69, 9.17) is 0 Å². The van der Waals surface area contributed by atoms with Crippen LogP contribution in [0, 0.1) is 17.8 Å². The summed E-state index contributed by atoms with van der Waals surface area (Å²) in [6.07, 6.45) is -1.34. The number of carboxylic acid groups (broad SMARTS) is 1. The third kappa shape index (κ3) is 6.50. The van der Waals surface area contributed by atoms with E-state index in [2.05, 4.69) is 29.4 Å². The van der Waals surface area contributed by atoms with Crippen molar-refractivity contribution in [3.8, 4) is 0 Å². The van der Waals surface area contributed by atoms with Crippen LogP contribution in [0.5, 0.6) is 0 Å². The summed E-state index contributed by atoms with van der Waals surface area (Å²) in [5.41, 5.74) is 1.73. The van der Waals surface area contributed by atoms with Crippen LogP contribution >= 0.6 is 0 Å². The fourth-order valence-electron chi connectivity index (χ4n) is 5.29. The molecule has 1 saturated carbocycles. The van der Waals surface area contributed by atoms with E-state index in [1.807, 2.05) is 18.2 Å². The maximum absolute atomic E-state index is 12.9. The molecule has 1 heterocycles. The van der Waals surface area contributed by atoms with Crippen molar-refractivity contribution in [1.29, 1.82) is 0 Å². The average Bonchev–Trinajstić information content (AvgIpc) is 3.61.